The van der Waals surface area contributed by atoms with Gasteiger partial charge < -0.3 is 10.1 Å². The average molecular weight is 236 g/mol. The van der Waals surface area contributed by atoms with E-state index < -0.39 is 12.0 Å². The number of rotatable bonds is 5. The number of hydrogen-bond acceptors (Lipinski definition) is 4. The number of nitrogens with zero attached hydrogens (tertiary/aromatic N) is 1. The molecule has 1 aromatic heterocycles. The molecular weight excluding hydrogens is 220 g/mol. The molecule has 1 amide bonds. The van der Waals surface area contributed by atoms with Crippen LogP contribution in [0, 0.1) is 0 Å². The smallest absolute Gasteiger partial charge is 0.328 e. The van der Waals surface area contributed by atoms with Gasteiger partial charge in [-0.2, -0.15) is 0 Å². The Kier molecular flexibility index (Phi) is 5.13. The van der Waals surface area contributed by atoms with Crippen LogP contribution in [0.3, 0.4) is 0 Å². The summed E-state index contributed by atoms with van der Waals surface area (Å²) in [5.74, 6) is -0.682. The van der Waals surface area contributed by atoms with E-state index >= 15 is 0 Å². The fraction of sp³-hybridized carbons (Fsp3) is 0.417. The number of amides is 1. The molecule has 0 unspecified atom stereocenters. The van der Waals surface area contributed by atoms with E-state index in [1.807, 2.05) is 6.07 Å². The van der Waals surface area contributed by atoms with Gasteiger partial charge in [0.2, 0.25) is 5.91 Å². The molecule has 0 saturated carbocycles. The molecule has 0 radical (unpaired) electrons. The van der Waals surface area contributed by atoms with Gasteiger partial charge in [-0.1, -0.05) is 6.07 Å². The lowest BCUT2D eigenvalue weighted by Gasteiger charge is -2.16. The monoisotopic (exact) mass is 236 g/mol. The van der Waals surface area contributed by atoms with E-state index in [4.69, 9.17) is 4.74 Å². The van der Waals surface area contributed by atoms with Crippen molar-refractivity contribution in [2.24, 2.45) is 0 Å². The van der Waals surface area contributed by atoms with Crippen LogP contribution in [-0.2, 0) is 20.7 Å². The summed E-state index contributed by atoms with van der Waals surface area (Å²) in [6.45, 7) is 3.39. The maximum Gasteiger partial charge on any atom is 0.328 e. The van der Waals surface area contributed by atoms with Crippen molar-refractivity contribution in [1.82, 2.24) is 10.3 Å². The van der Waals surface area contributed by atoms with Crippen molar-refractivity contribution in [3.8, 4) is 0 Å². The third-order valence-electron chi connectivity index (χ3n) is 2.11. The molecule has 1 aromatic rings. The zero-order valence-electron chi connectivity index (χ0n) is 9.97. The summed E-state index contributed by atoms with van der Waals surface area (Å²) >= 11 is 0. The second-order valence-corrected chi connectivity index (χ2v) is 3.57. The molecule has 0 aliphatic rings. The number of hydrogen-bond donors (Lipinski definition) is 1. The highest BCUT2D eigenvalue weighted by atomic mass is 16.5. The quantitative estimate of drug-likeness (QED) is 0.764. The fourth-order valence-corrected chi connectivity index (χ4v) is 1.44. The Balaban J connectivity index is 2.70. The van der Waals surface area contributed by atoms with Crippen LogP contribution in [-0.4, -0.2) is 29.5 Å². The van der Waals surface area contributed by atoms with Gasteiger partial charge in [-0.15, -0.1) is 0 Å². The summed E-state index contributed by atoms with van der Waals surface area (Å²) in [5, 5.41) is 2.57. The van der Waals surface area contributed by atoms with Crippen LogP contribution >= 0.6 is 0 Å². The molecule has 0 aromatic carbocycles. The van der Waals surface area contributed by atoms with Crippen LogP contribution < -0.4 is 5.32 Å². The predicted octanol–water partition coefficient (Wildman–Crippen LogP) is 0.692. The lowest BCUT2D eigenvalue weighted by molar-refractivity contribution is -0.147. The van der Waals surface area contributed by atoms with Crippen LogP contribution in [0.5, 0.6) is 0 Å². The molecule has 92 valence electrons. The van der Waals surface area contributed by atoms with Crippen molar-refractivity contribution in [2.45, 2.75) is 26.3 Å². The first-order chi connectivity index (χ1) is 8.13. The minimum atomic E-state index is -0.656. The Morgan fingerprint density at radius 3 is 2.82 bits per heavy atom. The molecule has 0 saturated heterocycles. The lowest BCUT2D eigenvalue weighted by atomic mass is 10.1. The predicted molar refractivity (Wildman–Crippen MR) is 62.2 cm³/mol. The Morgan fingerprint density at radius 1 is 1.53 bits per heavy atom. The molecule has 0 fully saturated rings. The van der Waals surface area contributed by atoms with Crippen molar-refractivity contribution >= 4 is 11.9 Å². The molecule has 1 rings (SSSR count). The zero-order valence-corrected chi connectivity index (χ0v) is 9.97. The fourth-order valence-electron chi connectivity index (χ4n) is 1.44. The van der Waals surface area contributed by atoms with E-state index in [1.54, 1.807) is 25.4 Å². The summed E-state index contributed by atoms with van der Waals surface area (Å²) in [4.78, 5) is 26.6. The van der Waals surface area contributed by atoms with Crippen molar-refractivity contribution in [1.29, 1.82) is 0 Å². The number of aromatic nitrogens is 1. The molecular formula is C12H16N2O3. The standard InChI is InChI=1S/C12H16N2O3/c1-3-17-12(16)11(14-9(2)15)7-10-5-4-6-13-8-10/h4-6,8,11H,3,7H2,1-2H3,(H,14,15)/t11-/m1/s1. The third kappa shape index (κ3) is 4.63. The van der Waals surface area contributed by atoms with Crippen LogP contribution in [0.4, 0.5) is 0 Å². The lowest BCUT2D eigenvalue weighted by Crippen LogP contribution is -2.42. The molecule has 0 aliphatic carbocycles. The van der Waals surface area contributed by atoms with Gasteiger partial charge in [-0.3, -0.25) is 9.78 Å². The second-order valence-electron chi connectivity index (χ2n) is 3.57. The Morgan fingerprint density at radius 2 is 2.29 bits per heavy atom. The van der Waals surface area contributed by atoms with Crippen molar-refractivity contribution in [3.05, 3.63) is 30.1 Å². The number of ether oxygens (including phenoxy) is 1. The number of esters is 1. The normalized spacial score (nSPS) is 11.6. The maximum absolute atomic E-state index is 11.6. The highest BCUT2D eigenvalue weighted by molar-refractivity contribution is 5.83. The van der Waals surface area contributed by atoms with E-state index in [0.717, 1.165) is 5.56 Å². The molecule has 0 bridgehead atoms. The first-order valence-electron chi connectivity index (χ1n) is 5.46. The van der Waals surface area contributed by atoms with E-state index in [-0.39, 0.29) is 5.91 Å². The van der Waals surface area contributed by atoms with Crippen LogP contribution in [0.2, 0.25) is 0 Å². The van der Waals surface area contributed by atoms with Gasteiger partial charge in [0.1, 0.15) is 6.04 Å². The van der Waals surface area contributed by atoms with Crippen molar-refractivity contribution in [3.63, 3.8) is 0 Å². The molecule has 1 atom stereocenters. The maximum atomic E-state index is 11.6. The molecule has 5 heteroatoms. The molecule has 1 N–H and O–H groups in total. The summed E-state index contributed by atoms with van der Waals surface area (Å²) in [6, 6.07) is 2.98. The highest BCUT2D eigenvalue weighted by Gasteiger charge is 2.20. The van der Waals surface area contributed by atoms with Gasteiger partial charge in [0, 0.05) is 25.7 Å². The van der Waals surface area contributed by atoms with Crippen LogP contribution in [0.1, 0.15) is 19.4 Å². The first-order valence-corrected chi connectivity index (χ1v) is 5.46. The van der Waals surface area contributed by atoms with E-state index in [2.05, 4.69) is 10.3 Å². The Bertz CT molecular complexity index is 379. The summed E-state index contributed by atoms with van der Waals surface area (Å²) < 4.78 is 4.90. The molecule has 5 nitrogen and oxygen atoms in total. The largest absolute Gasteiger partial charge is 0.464 e. The minimum absolute atomic E-state index is 0.257. The van der Waals surface area contributed by atoms with Crippen molar-refractivity contribution < 1.29 is 14.3 Å². The van der Waals surface area contributed by atoms with Gasteiger partial charge >= 0.3 is 5.97 Å². The molecule has 0 spiro atoms. The van der Waals surface area contributed by atoms with Gasteiger partial charge in [0.05, 0.1) is 6.61 Å². The van der Waals surface area contributed by atoms with E-state index in [0.29, 0.717) is 13.0 Å². The Hall–Kier alpha value is -1.91. The topological polar surface area (TPSA) is 68.3 Å². The van der Waals surface area contributed by atoms with E-state index in [1.165, 1.54) is 6.92 Å². The van der Waals surface area contributed by atoms with Crippen LogP contribution in [0.25, 0.3) is 0 Å². The summed E-state index contributed by atoms with van der Waals surface area (Å²) in [7, 11) is 0. The molecule has 17 heavy (non-hydrogen) atoms. The third-order valence-corrected chi connectivity index (χ3v) is 2.11. The average Bonchev–Trinajstić information content (AvgIpc) is 2.29. The van der Waals surface area contributed by atoms with Gasteiger partial charge in [0.15, 0.2) is 0 Å². The second kappa shape index (κ2) is 6.62. The molecule has 1 heterocycles. The molecule has 0 aliphatic heterocycles. The number of nitrogens with one attached hydrogen (secondary N) is 1. The van der Waals surface area contributed by atoms with Crippen LogP contribution in [0.15, 0.2) is 24.5 Å². The summed E-state index contributed by atoms with van der Waals surface area (Å²) in [6.07, 6.45) is 3.70. The number of carbonyl (C=O) groups excluding carboxylic acids is 2. The van der Waals surface area contributed by atoms with Gasteiger partial charge in [0.25, 0.3) is 0 Å². The number of pyridine rings is 1. The van der Waals surface area contributed by atoms with Crippen molar-refractivity contribution in [2.75, 3.05) is 6.61 Å². The zero-order chi connectivity index (χ0) is 12.7. The Labute approximate surface area is 100 Å². The van der Waals surface area contributed by atoms with Gasteiger partial charge in [-0.25, -0.2) is 4.79 Å². The highest BCUT2D eigenvalue weighted by Crippen LogP contribution is 2.03. The van der Waals surface area contributed by atoms with Gasteiger partial charge in [-0.05, 0) is 18.6 Å². The first kappa shape index (κ1) is 13.2. The van der Waals surface area contributed by atoms with E-state index in [9.17, 15) is 9.59 Å². The number of carbonyl (C=O) groups is 2. The SMILES string of the molecule is CCOC(=O)[C@@H](Cc1cccnc1)NC(C)=O. The minimum Gasteiger partial charge on any atom is -0.464 e. The summed E-state index contributed by atoms with van der Waals surface area (Å²) in [5.41, 5.74) is 0.874.